The van der Waals surface area contributed by atoms with E-state index in [0.717, 1.165) is 31.4 Å². The van der Waals surface area contributed by atoms with E-state index < -0.39 is 0 Å². The molecule has 2 aliphatic carbocycles. The number of amides is 1. The fourth-order valence-electron chi connectivity index (χ4n) is 1.45. The van der Waals surface area contributed by atoms with Crippen LogP contribution in [0.5, 0.6) is 0 Å². The highest BCUT2D eigenvalue weighted by molar-refractivity contribution is 5.82. The van der Waals surface area contributed by atoms with E-state index in [4.69, 9.17) is 0 Å². The summed E-state index contributed by atoms with van der Waals surface area (Å²) in [5, 5.41) is 2.98. The molecule has 2 rings (SSSR count). The van der Waals surface area contributed by atoms with Gasteiger partial charge in [-0.25, -0.2) is 0 Å². The molecule has 0 unspecified atom stereocenters. The number of carbonyl (C=O) groups excluding carboxylic acids is 1. The molecule has 2 aliphatic rings. The van der Waals surface area contributed by atoms with Gasteiger partial charge in [0.05, 0.1) is 0 Å². The Morgan fingerprint density at radius 3 is 2.69 bits per heavy atom. The lowest BCUT2D eigenvalue weighted by Crippen LogP contribution is -2.24. The average molecular weight is 177 g/mol. The van der Waals surface area contributed by atoms with Gasteiger partial charge in [0, 0.05) is 11.6 Å². The summed E-state index contributed by atoms with van der Waals surface area (Å²) in [6.45, 7) is 2.12. The summed E-state index contributed by atoms with van der Waals surface area (Å²) in [5.74, 6) is 0.534. The quantitative estimate of drug-likeness (QED) is 0.688. The monoisotopic (exact) mass is 177 g/mol. The standard InChI is InChI=1S/C11H15NO/c1-8-2-6-10(7-3-8)12-11(13)9-4-5-9/h2,6,9H,3-5,7H2,1H3,(H,12,13). The lowest BCUT2D eigenvalue weighted by atomic mass is 10.0. The molecule has 70 valence electrons. The first kappa shape index (κ1) is 8.54. The largest absolute Gasteiger partial charge is 0.330 e. The number of hydrogen-bond donors (Lipinski definition) is 1. The molecule has 13 heavy (non-hydrogen) atoms. The average Bonchev–Trinajstić information content (AvgIpc) is 2.91. The molecule has 0 atom stereocenters. The number of carbonyl (C=O) groups is 1. The molecule has 0 aromatic rings. The van der Waals surface area contributed by atoms with E-state index in [0.29, 0.717) is 5.92 Å². The van der Waals surface area contributed by atoms with Gasteiger partial charge in [-0.15, -0.1) is 0 Å². The first-order valence-corrected chi connectivity index (χ1v) is 4.93. The third-order valence-electron chi connectivity index (χ3n) is 2.59. The van der Waals surface area contributed by atoms with Crippen LogP contribution in [0.1, 0.15) is 32.6 Å². The lowest BCUT2D eigenvalue weighted by Gasteiger charge is -2.12. The summed E-state index contributed by atoms with van der Waals surface area (Å²) in [5.41, 5.74) is 2.48. The van der Waals surface area contributed by atoms with Crippen LogP contribution in [-0.2, 0) is 4.79 Å². The van der Waals surface area contributed by atoms with Crippen LogP contribution in [0, 0.1) is 5.92 Å². The first-order valence-electron chi connectivity index (χ1n) is 4.93. The molecule has 0 radical (unpaired) electrons. The third kappa shape index (κ3) is 2.20. The summed E-state index contributed by atoms with van der Waals surface area (Å²) in [6.07, 6.45) is 8.34. The smallest absolute Gasteiger partial charge is 0.227 e. The molecule has 0 aromatic heterocycles. The topological polar surface area (TPSA) is 29.1 Å². The van der Waals surface area contributed by atoms with Crippen molar-refractivity contribution < 1.29 is 4.79 Å². The highest BCUT2D eigenvalue weighted by atomic mass is 16.2. The Kier molecular flexibility index (Phi) is 2.21. The molecule has 1 saturated carbocycles. The molecule has 0 saturated heterocycles. The van der Waals surface area contributed by atoms with Crippen molar-refractivity contribution in [3.8, 4) is 0 Å². The predicted molar refractivity (Wildman–Crippen MR) is 51.9 cm³/mol. The zero-order valence-corrected chi connectivity index (χ0v) is 7.97. The zero-order valence-electron chi connectivity index (χ0n) is 7.97. The molecule has 0 aliphatic heterocycles. The van der Waals surface area contributed by atoms with Crippen molar-refractivity contribution in [3.05, 3.63) is 23.4 Å². The molecule has 0 bridgehead atoms. The summed E-state index contributed by atoms with van der Waals surface area (Å²) in [7, 11) is 0. The van der Waals surface area contributed by atoms with Crippen LogP contribution in [0.2, 0.25) is 0 Å². The Labute approximate surface area is 78.7 Å². The summed E-state index contributed by atoms with van der Waals surface area (Å²) in [6, 6.07) is 0. The van der Waals surface area contributed by atoms with Gasteiger partial charge in [0.1, 0.15) is 0 Å². The van der Waals surface area contributed by atoms with Crippen LogP contribution >= 0.6 is 0 Å². The van der Waals surface area contributed by atoms with Gasteiger partial charge in [0.2, 0.25) is 5.91 Å². The third-order valence-corrected chi connectivity index (χ3v) is 2.59. The number of nitrogens with one attached hydrogen (secondary N) is 1. The van der Waals surface area contributed by atoms with Gasteiger partial charge in [-0.05, 0) is 38.7 Å². The van der Waals surface area contributed by atoms with Crippen LogP contribution < -0.4 is 5.32 Å². The maximum Gasteiger partial charge on any atom is 0.227 e. The van der Waals surface area contributed by atoms with Gasteiger partial charge in [-0.3, -0.25) is 4.79 Å². The normalized spacial score (nSPS) is 21.9. The van der Waals surface area contributed by atoms with Crippen LogP contribution in [0.4, 0.5) is 0 Å². The van der Waals surface area contributed by atoms with E-state index >= 15 is 0 Å². The van der Waals surface area contributed by atoms with Gasteiger partial charge in [-0.1, -0.05) is 11.6 Å². The Morgan fingerprint density at radius 1 is 1.38 bits per heavy atom. The predicted octanol–water partition coefficient (Wildman–Crippen LogP) is 2.14. The van der Waals surface area contributed by atoms with E-state index in [9.17, 15) is 4.79 Å². The molecule has 2 nitrogen and oxygen atoms in total. The van der Waals surface area contributed by atoms with Crippen molar-refractivity contribution in [2.24, 2.45) is 5.92 Å². The van der Waals surface area contributed by atoms with E-state index in [1.807, 2.05) is 6.08 Å². The lowest BCUT2D eigenvalue weighted by molar-refractivity contribution is -0.121. The minimum Gasteiger partial charge on any atom is -0.330 e. The number of hydrogen-bond acceptors (Lipinski definition) is 1. The fraction of sp³-hybridized carbons (Fsp3) is 0.545. The van der Waals surface area contributed by atoms with Gasteiger partial charge in [0.15, 0.2) is 0 Å². The Bertz CT molecular complexity index is 284. The minimum absolute atomic E-state index is 0.221. The van der Waals surface area contributed by atoms with Crippen LogP contribution in [0.15, 0.2) is 23.4 Å². The van der Waals surface area contributed by atoms with E-state index in [1.165, 1.54) is 5.57 Å². The maximum atomic E-state index is 11.4. The fourth-order valence-corrected chi connectivity index (χ4v) is 1.45. The van der Waals surface area contributed by atoms with Crippen LogP contribution in [-0.4, -0.2) is 5.91 Å². The Hall–Kier alpha value is -1.05. The minimum atomic E-state index is 0.221. The first-order chi connectivity index (χ1) is 6.25. The van der Waals surface area contributed by atoms with Crippen molar-refractivity contribution in [2.75, 3.05) is 0 Å². The molecule has 0 aromatic carbocycles. The van der Waals surface area contributed by atoms with Crippen molar-refractivity contribution in [2.45, 2.75) is 32.6 Å². The molecule has 2 heteroatoms. The summed E-state index contributed by atoms with van der Waals surface area (Å²) >= 11 is 0. The van der Waals surface area contributed by atoms with E-state index in [2.05, 4.69) is 18.3 Å². The van der Waals surface area contributed by atoms with Crippen LogP contribution in [0.3, 0.4) is 0 Å². The SMILES string of the molecule is CC1=CC=C(NC(=O)C2CC2)CC1. The second-order valence-electron chi connectivity index (χ2n) is 3.97. The molecule has 1 N–H and O–H groups in total. The van der Waals surface area contributed by atoms with Crippen molar-refractivity contribution in [1.29, 1.82) is 0 Å². The zero-order chi connectivity index (χ0) is 9.26. The highest BCUT2D eigenvalue weighted by Crippen LogP contribution is 2.29. The molecule has 1 fully saturated rings. The van der Waals surface area contributed by atoms with Gasteiger partial charge < -0.3 is 5.32 Å². The molecular weight excluding hydrogens is 162 g/mol. The highest BCUT2D eigenvalue weighted by Gasteiger charge is 2.29. The number of rotatable bonds is 2. The maximum absolute atomic E-state index is 11.4. The second-order valence-corrected chi connectivity index (χ2v) is 3.97. The second kappa shape index (κ2) is 3.36. The van der Waals surface area contributed by atoms with E-state index in [1.54, 1.807) is 0 Å². The van der Waals surface area contributed by atoms with Gasteiger partial charge >= 0.3 is 0 Å². The molecular formula is C11H15NO. The van der Waals surface area contributed by atoms with Crippen molar-refractivity contribution >= 4 is 5.91 Å². The molecule has 0 heterocycles. The summed E-state index contributed by atoms with van der Waals surface area (Å²) < 4.78 is 0. The Balaban J connectivity index is 1.90. The van der Waals surface area contributed by atoms with Crippen molar-refractivity contribution in [3.63, 3.8) is 0 Å². The van der Waals surface area contributed by atoms with Gasteiger partial charge in [-0.2, -0.15) is 0 Å². The van der Waals surface area contributed by atoms with Crippen molar-refractivity contribution in [1.82, 2.24) is 5.32 Å². The molecule has 1 amide bonds. The summed E-state index contributed by atoms with van der Waals surface area (Å²) in [4.78, 5) is 11.4. The Morgan fingerprint density at radius 2 is 2.15 bits per heavy atom. The van der Waals surface area contributed by atoms with Crippen LogP contribution in [0.25, 0.3) is 0 Å². The van der Waals surface area contributed by atoms with E-state index in [-0.39, 0.29) is 5.91 Å². The number of allylic oxidation sites excluding steroid dienone is 4. The molecule has 0 spiro atoms. The van der Waals surface area contributed by atoms with Gasteiger partial charge in [0.25, 0.3) is 0 Å².